The Kier molecular flexibility index (Phi) is 5.92. The van der Waals surface area contributed by atoms with Gasteiger partial charge >= 0.3 is 6.18 Å². The van der Waals surface area contributed by atoms with Crippen molar-refractivity contribution in [3.05, 3.63) is 94.2 Å². The van der Waals surface area contributed by atoms with Gasteiger partial charge in [0.2, 0.25) is 0 Å². The van der Waals surface area contributed by atoms with Crippen LogP contribution in [-0.4, -0.2) is 18.0 Å². The lowest BCUT2D eigenvalue weighted by Crippen LogP contribution is -2.48. The number of fused-ring (bicyclic) bond motifs is 1. The van der Waals surface area contributed by atoms with Crippen LogP contribution in [0.5, 0.6) is 0 Å². The van der Waals surface area contributed by atoms with Crippen LogP contribution in [0.15, 0.2) is 77.5 Å². The zero-order chi connectivity index (χ0) is 24.5. The third-order valence-corrected chi connectivity index (χ3v) is 6.59. The molecule has 0 spiro atoms. The SMILES string of the molecule is N#CC1=C(N)C(C#N)(C#N)[C@H](c2ccccc2C(F)(F)F)[C@H]2CN(Cc3ccccc3)CC=C12. The van der Waals surface area contributed by atoms with Gasteiger partial charge in [-0.05, 0) is 22.8 Å². The number of nitriles is 3. The van der Waals surface area contributed by atoms with E-state index >= 15 is 0 Å². The predicted octanol–water partition coefficient (Wildman–Crippen LogP) is 4.63. The molecular formula is C26H20F3N5. The molecule has 5 nitrogen and oxygen atoms in total. The summed E-state index contributed by atoms with van der Waals surface area (Å²) < 4.78 is 42.0. The third-order valence-electron chi connectivity index (χ3n) is 6.59. The third kappa shape index (κ3) is 3.71. The average molecular weight is 459 g/mol. The minimum atomic E-state index is -4.69. The van der Waals surface area contributed by atoms with Crippen molar-refractivity contribution >= 4 is 0 Å². The van der Waals surface area contributed by atoms with Crippen LogP contribution in [0.1, 0.15) is 22.6 Å². The maximum absolute atomic E-state index is 14.0. The van der Waals surface area contributed by atoms with Crippen molar-refractivity contribution < 1.29 is 13.2 Å². The van der Waals surface area contributed by atoms with E-state index in [1.54, 1.807) is 6.08 Å². The summed E-state index contributed by atoms with van der Waals surface area (Å²) in [7, 11) is 0. The molecule has 0 bridgehead atoms. The Morgan fingerprint density at radius 1 is 1.00 bits per heavy atom. The summed E-state index contributed by atoms with van der Waals surface area (Å²) in [6.07, 6.45) is -2.91. The molecule has 0 saturated heterocycles. The smallest absolute Gasteiger partial charge is 0.399 e. The molecule has 0 radical (unpaired) electrons. The van der Waals surface area contributed by atoms with E-state index in [1.807, 2.05) is 53.4 Å². The predicted molar refractivity (Wildman–Crippen MR) is 118 cm³/mol. The number of nitrogens with two attached hydrogens (primary N) is 1. The van der Waals surface area contributed by atoms with E-state index in [1.165, 1.54) is 18.2 Å². The molecule has 2 aromatic rings. The van der Waals surface area contributed by atoms with Crippen LogP contribution in [0, 0.1) is 45.3 Å². The first-order valence-electron chi connectivity index (χ1n) is 10.6. The van der Waals surface area contributed by atoms with E-state index < -0.39 is 29.0 Å². The Labute approximate surface area is 195 Å². The molecule has 8 heteroatoms. The van der Waals surface area contributed by atoms with Gasteiger partial charge in [-0.25, -0.2) is 0 Å². The molecule has 2 aromatic carbocycles. The van der Waals surface area contributed by atoms with Gasteiger partial charge in [-0.15, -0.1) is 0 Å². The van der Waals surface area contributed by atoms with Crippen molar-refractivity contribution in [2.45, 2.75) is 18.6 Å². The molecule has 2 N–H and O–H groups in total. The van der Waals surface area contributed by atoms with E-state index in [-0.39, 0.29) is 23.4 Å². The van der Waals surface area contributed by atoms with Crippen LogP contribution in [0.4, 0.5) is 13.2 Å². The molecular weight excluding hydrogens is 439 g/mol. The van der Waals surface area contributed by atoms with Gasteiger partial charge in [0, 0.05) is 31.5 Å². The second-order valence-electron chi connectivity index (χ2n) is 8.44. The van der Waals surface area contributed by atoms with Crippen molar-refractivity contribution in [3.8, 4) is 18.2 Å². The molecule has 0 amide bonds. The number of halogens is 3. The maximum atomic E-state index is 14.0. The Bertz CT molecular complexity index is 1270. The highest BCUT2D eigenvalue weighted by Crippen LogP contribution is 2.55. The molecule has 0 unspecified atom stereocenters. The van der Waals surface area contributed by atoms with Gasteiger partial charge in [0.25, 0.3) is 0 Å². The summed E-state index contributed by atoms with van der Waals surface area (Å²) in [6.45, 7) is 1.25. The van der Waals surface area contributed by atoms with Gasteiger partial charge in [-0.1, -0.05) is 54.6 Å². The number of alkyl halides is 3. The van der Waals surface area contributed by atoms with E-state index in [4.69, 9.17) is 5.73 Å². The van der Waals surface area contributed by atoms with E-state index in [0.717, 1.165) is 11.6 Å². The van der Waals surface area contributed by atoms with Gasteiger partial charge in [0.15, 0.2) is 5.41 Å². The Balaban J connectivity index is 1.92. The first-order chi connectivity index (χ1) is 16.3. The van der Waals surface area contributed by atoms with E-state index in [2.05, 4.69) is 0 Å². The van der Waals surface area contributed by atoms with Crippen molar-refractivity contribution in [2.24, 2.45) is 17.1 Å². The van der Waals surface area contributed by atoms with Crippen LogP contribution in [0.3, 0.4) is 0 Å². The van der Waals surface area contributed by atoms with Gasteiger partial charge in [0.1, 0.15) is 6.07 Å². The normalized spacial score (nSPS) is 22.1. The van der Waals surface area contributed by atoms with Crippen LogP contribution in [0.25, 0.3) is 0 Å². The topological polar surface area (TPSA) is 101 Å². The van der Waals surface area contributed by atoms with E-state index in [0.29, 0.717) is 18.7 Å². The van der Waals surface area contributed by atoms with Crippen LogP contribution in [0.2, 0.25) is 0 Å². The highest BCUT2D eigenvalue weighted by atomic mass is 19.4. The summed E-state index contributed by atoms with van der Waals surface area (Å²) in [5.74, 6) is -1.91. The molecule has 1 aliphatic carbocycles. The highest BCUT2D eigenvalue weighted by molar-refractivity contribution is 5.60. The number of rotatable bonds is 3. The molecule has 170 valence electrons. The number of benzene rings is 2. The first-order valence-corrected chi connectivity index (χ1v) is 10.6. The first kappa shape index (κ1) is 23.1. The average Bonchev–Trinajstić information content (AvgIpc) is 2.84. The lowest BCUT2D eigenvalue weighted by Gasteiger charge is -2.46. The molecule has 2 aliphatic rings. The van der Waals surface area contributed by atoms with Gasteiger partial charge in [-0.2, -0.15) is 29.0 Å². The van der Waals surface area contributed by atoms with Crippen molar-refractivity contribution in [1.82, 2.24) is 4.90 Å². The summed E-state index contributed by atoms with van der Waals surface area (Å²) in [6, 6.07) is 20.4. The monoisotopic (exact) mass is 459 g/mol. The quantitative estimate of drug-likeness (QED) is 0.721. The fraction of sp³-hybridized carbons (Fsp3) is 0.269. The Hall–Kier alpha value is -4.06. The van der Waals surface area contributed by atoms with Crippen molar-refractivity contribution in [2.75, 3.05) is 13.1 Å². The standard InChI is InChI=1S/C26H20F3N5/c27-26(28,29)22-9-5-4-8-19(22)23-21-14-34(13-17-6-2-1-3-7-17)11-10-18(21)20(12-30)24(33)25(23,15-31)16-32/h1-10,21,23H,11,13-14,33H2/t21-,23+/m0/s1. The number of hydrogen-bond acceptors (Lipinski definition) is 5. The Morgan fingerprint density at radius 2 is 1.65 bits per heavy atom. The number of hydrogen-bond donors (Lipinski definition) is 1. The van der Waals surface area contributed by atoms with E-state index in [9.17, 15) is 29.0 Å². The molecule has 0 saturated carbocycles. The zero-order valence-corrected chi connectivity index (χ0v) is 18.0. The lowest BCUT2D eigenvalue weighted by molar-refractivity contribution is -0.138. The number of nitrogens with zero attached hydrogens (tertiary/aromatic N) is 4. The fourth-order valence-electron chi connectivity index (χ4n) is 5.08. The molecule has 34 heavy (non-hydrogen) atoms. The van der Waals surface area contributed by atoms with Crippen LogP contribution < -0.4 is 5.73 Å². The summed E-state index contributed by atoms with van der Waals surface area (Å²) in [4.78, 5) is 2.03. The second-order valence-corrected chi connectivity index (χ2v) is 8.44. The fourth-order valence-corrected chi connectivity index (χ4v) is 5.08. The highest BCUT2D eigenvalue weighted by Gasteiger charge is 2.56. The summed E-state index contributed by atoms with van der Waals surface area (Å²) in [5, 5.41) is 30.1. The summed E-state index contributed by atoms with van der Waals surface area (Å²) in [5.41, 5.74) is 4.24. The molecule has 1 heterocycles. The lowest BCUT2D eigenvalue weighted by atomic mass is 9.57. The second kappa shape index (κ2) is 8.71. The zero-order valence-electron chi connectivity index (χ0n) is 18.0. The van der Waals surface area contributed by atoms with Crippen LogP contribution >= 0.6 is 0 Å². The van der Waals surface area contributed by atoms with Crippen molar-refractivity contribution in [1.29, 1.82) is 15.8 Å². The van der Waals surface area contributed by atoms with Gasteiger partial charge in [-0.3, -0.25) is 4.90 Å². The number of allylic oxidation sites excluding steroid dienone is 2. The van der Waals surface area contributed by atoms with Crippen LogP contribution in [-0.2, 0) is 12.7 Å². The Morgan fingerprint density at radius 3 is 2.26 bits per heavy atom. The molecule has 0 fully saturated rings. The minimum Gasteiger partial charge on any atom is -0.399 e. The maximum Gasteiger partial charge on any atom is 0.416 e. The summed E-state index contributed by atoms with van der Waals surface area (Å²) >= 11 is 0. The van der Waals surface area contributed by atoms with Gasteiger partial charge < -0.3 is 5.73 Å². The molecule has 0 aromatic heterocycles. The molecule has 4 rings (SSSR count). The van der Waals surface area contributed by atoms with Gasteiger partial charge in [0.05, 0.1) is 29.0 Å². The largest absolute Gasteiger partial charge is 0.416 e. The minimum absolute atomic E-state index is 0.00759. The van der Waals surface area contributed by atoms with Crippen molar-refractivity contribution in [3.63, 3.8) is 0 Å². The molecule has 2 atom stereocenters. The molecule has 1 aliphatic heterocycles.